The molecule has 2 aliphatic rings. The van der Waals surface area contributed by atoms with Crippen molar-refractivity contribution in [3.8, 4) is 16.9 Å². The molecule has 2 saturated carbocycles. The Bertz CT molecular complexity index is 990. The highest BCUT2D eigenvalue weighted by Gasteiger charge is 2.41. The zero-order valence-corrected chi connectivity index (χ0v) is 25.4. The Morgan fingerprint density at radius 3 is 2.08 bits per heavy atom. The van der Waals surface area contributed by atoms with Crippen molar-refractivity contribution in [2.45, 2.75) is 137 Å². The second-order valence-electron chi connectivity index (χ2n) is 13.0. The highest BCUT2D eigenvalue weighted by atomic mass is 16.5. The Balaban J connectivity index is 1.38. The summed E-state index contributed by atoms with van der Waals surface area (Å²) in [4.78, 5) is 0. The molecule has 0 spiro atoms. The summed E-state index contributed by atoms with van der Waals surface area (Å²) in [6.07, 6.45) is 21.4. The molecule has 210 valence electrons. The van der Waals surface area contributed by atoms with Crippen molar-refractivity contribution in [1.82, 2.24) is 0 Å². The van der Waals surface area contributed by atoms with Gasteiger partial charge in [0, 0.05) is 0 Å². The van der Waals surface area contributed by atoms with Gasteiger partial charge < -0.3 is 4.74 Å². The van der Waals surface area contributed by atoms with Crippen molar-refractivity contribution in [3.05, 3.63) is 53.1 Å². The number of hydrogen-bond donors (Lipinski definition) is 0. The van der Waals surface area contributed by atoms with Crippen molar-refractivity contribution in [1.29, 1.82) is 0 Å². The van der Waals surface area contributed by atoms with Crippen LogP contribution in [0.25, 0.3) is 11.1 Å². The second-order valence-corrected chi connectivity index (χ2v) is 13.0. The van der Waals surface area contributed by atoms with Gasteiger partial charge in [-0.2, -0.15) is 0 Å². The van der Waals surface area contributed by atoms with Crippen molar-refractivity contribution in [2.75, 3.05) is 6.61 Å². The summed E-state index contributed by atoms with van der Waals surface area (Å²) in [5.74, 6) is 3.52. The molecule has 38 heavy (non-hydrogen) atoms. The minimum absolute atomic E-state index is 0.656. The largest absolute Gasteiger partial charge is 0.493 e. The highest BCUT2D eigenvalue weighted by molar-refractivity contribution is 5.67. The van der Waals surface area contributed by atoms with Crippen molar-refractivity contribution < 1.29 is 4.74 Å². The zero-order chi connectivity index (χ0) is 27.0. The van der Waals surface area contributed by atoms with Crippen LogP contribution < -0.4 is 4.74 Å². The molecule has 0 aromatic heterocycles. The molecular formula is C37H56O. The first-order chi connectivity index (χ1) is 18.5. The number of aryl methyl sites for hydroxylation is 2. The van der Waals surface area contributed by atoms with E-state index in [4.69, 9.17) is 4.74 Å². The van der Waals surface area contributed by atoms with E-state index in [0.29, 0.717) is 11.3 Å². The van der Waals surface area contributed by atoms with Gasteiger partial charge in [0.25, 0.3) is 0 Å². The molecule has 1 nitrogen and oxygen atoms in total. The number of ether oxygens (including phenoxy) is 1. The minimum Gasteiger partial charge on any atom is -0.493 e. The first-order valence-electron chi connectivity index (χ1n) is 16.3. The highest BCUT2D eigenvalue weighted by Crippen LogP contribution is 2.53. The van der Waals surface area contributed by atoms with Gasteiger partial charge in [-0.05, 0) is 128 Å². The molecule has 4 rings (SSSR count). The first kappa shape index (κ1) is 29.2. The Kier molecular flexibility index (Phi) is 10.8. The number of rotatable bonds is 12. The van der Waals surface area contributed by atoms with Crippen LogP contribution in [0.4, 0.5) is 0 Å². The summed E-state index contributed by atoms with van der Waals surface area (Å²) in [6.45, 7) is 12.4. The average Bonchev–Trinajstić information content (AvgIpc) is 2.94. The van der Waals surface area contributed by atoms with Gasteiger partial charge in [-0.15, -0.1) is 0 Å². The fraction of sp³-hybridized carbons (Fsp3) is 0.676. The number of unbranched alkanes of at least 4 members (excludes halogenated alkanes) is 3. The summed E-state index contributed by atoms with van der Waals surface area (Å²) in [6, 6.07) is 13.9. The molecule has 0 heterocycles. The Morgan fingerprint density at radius 2 is 1.45 bits per heavy atom. The van der Waals surface area contributed by atoms with Gasteiger partial charge in [-0.3, -0.25) is 0 Å². The summed E-state index contributed by atoms with van der Waals surface area (Å²) in [7, 11) is 0. The standard InChI is InChI=1S/C37H56O/c1-6-8-11-22-37(23-12-10-13-24-37)34-18-14-31(15-19-34)30(5)35-20-16-32(26-28(35)3)33-17-21-36(29(4)27-33)38-25-9-7-2/h16-17,20-21,26-27,30-31,34H,6-15,18-19,22-25H2,1-5H3. The Hall–Kier alpha value is -1.76. The summed E-state index contributed by atoms with van der Waals surface area (Å²) >= 11 is 0. The third kappa shape index (κ3) is 7.05. The van der Waals surface area contributed by atoms with Crippen molar-refractivity contribution >= 4 is 0 Å². The lowest BCUT2D eigenvalue weighted by molar-refractivity contribution is 0.0409. The van der Waals surface area contributed by atoms with E-state index in [9.17, 15) is 0 Å². The SMILES string of the molecule is CCCCCC1(C2CCC(C(C)c3ccc(-c4ccc(OCCCC)c(C)c4)cc3C)CC2)CCCCC1. The van der Waals surface area contributed by atoms with Gasteiger partial charge in [0.2, 0.25) is 0 Å². The molecule has 1 heteroatoms. The summed E-state index contributed by atoms with van der Waals surface area (Å²) in [5.41, 5.74) is 7.58. The zero-order valence-electron chi connectivity index (χ0n) is 25.4. The van der Waals surface area contributed by atoms with Crippen LogP contribution >= 0.6 is 0 Å². The van der Waals surface area contributed by atoms with E-state index in [1.807, 2.05) is 0 Å². The molecular weight excluding hydrogens is 460 g/mol. The predicted octanol–water partition coefficient (Wildman–Crippen LogP) is 11.6. The van der Waals surface area contributed by atoms with E-state index < -0.39 is 0 Å². The molecule has 2 aromatic carbocycles. The van der Waals surface area contributed by atoms with E-state index in [1.165, 1.54) is 112 Å². The third-order valence-electron chi connectivity index (χ3n) is 10.5. The minimum atomic E-state index is 0.656. The molecule has 1 atom stereocenters. The van der Waals surface area contributed by atoms with Crippen LogP contribution in [-0.4, -0.2) is 6.61 Å². The van der Waals surface area contributed by atoms with Gasteiger partial charge in [-0.25, -0.2) is 0 Å². The Labute approximate surface area is 235 Å². The molecule has 0 N–H and O–H groups in total. The summed E-state index contributed by atoms with van der Waals surface area (Å²) in [5, 5.41) is 0. The maximum Gasteiger partial charge on any atom is 0.122 e. The van der Waals surface area contributed by atoms with Gasteiger partial charge in [0.05, 0.1) is 6.61 Å². The molecule has 0 bridgehead atoms. The van der Waals surface area contributed by atoms with E-state index in [0.717, 1.165) is 30.6 Å². The lowest BCUT2D eigenvalue weighted by atomic mass is 9.58. The van der Waals surface area contributed by atoms with Crippen molar-refractivity contribution in [2.24, 2.45) is 17.3 Å². The van der Waals surface area contributed by atoms with Gasteiger partial charge in [0.15, 0.2) is 0 Å². The monoisotopic (exact) mass is 516 g/mol. The lowest BCUT2D eigenvalue weighted by Crippen LogP contribution is -2.36. The topological polar surface area (TPSA) is 9.23 Å². The molecule has 2 aliphatic carbocycles. The molecule has 0 aliphatic heterocycles. The first-order valence-corrected chi connectivity index (χ1v) is 16.3. The van der Waals surface area contributed by atoms with Crippen LogP contribution in [-0.2, 0) is 0 Å². The van der Waals surface area contributed by atoms with E-state index in [-0.39, 0.29) is 0 Å². The Morgan fingerprint density at radius 1 is 0.789 bits per heavy atom. The smallest absolute Gasteiger partial charge is 0.122 e. The quantitative estimate of drug-likeness (QED) is 0.255. The van der Waals surface area contributed by atoms with Crippen LogP contribution in [0.3, 0.4) is 0 Å². The van der Waals surface area contributed by atoms with Gasteiger partial charge in [0.1, 0.15) is 5.75 Å². The predicted molar refractivity (Wildman–Crippen MR) is 165 cm³/mol. The lowest BCUT2D eigenvalue weighted by Gasteiger charge is -2.47. The average molecular weight is 517 g/mol. The van der Waals surface area contributed by atoms with Crippen LogP contribution in [0.5, 0.6) is 5.75 Å². The summed E-state index contributed by atoms with van der Waals surface area (Å²) < 4.78 is 5.99. The molecule has 2 aromatic rings. The molecule has 0 saturated heterocycles. The number of hydrogen-bond acceptors (Lipinski definition) is 1. The van der Waals surface area contributed by atoms with Crippen LogP contribution in [0.1, 0.15) is 140 Å². The fourth-order valence-electron chi connectivity index (χ4n) is 8.01. The van der Waals surface area contributed by atoms with E-state index in [2.05, 4.69) is 71.0 Å². The molecule has 1 unspecified atom stereocenters. The van der Waals surface area contributed by atoms with Crippen LogP contribution in [0.15, 0.2) is 36.4 Å². The van der Waals surface area contributed by atoms with E-state index in [1.54, 1.807) is 5.56 Å². The normalized spacial score (nSPS) is 22.2. The molecule has 2 fully saturated rings. The number of benzene rings is 2. The fourth-order valence-corrected chi connectivity index (χ4v) is 8.01. The van der Waals surface area contributed by atoms with Crippen LogP contribution in [0, 0.1) is 31.1 Å². The maximum absolute atomic E-state index is 5.99. The second kappa shape index (κ2) is 14.0. The van der Waals surface area contributed by atoms with Gasteiger partial charge in [-0.1, -0.05) is 90.0 Å². The molecule has 0 radical (unpaired) electrons. The van der Waals surface area contributed by atoms with Crippen molar-refractivity contribution in [3.63, 3.8) is 0 Å². The van der Waals surface area contributed by atoms with Gasteiger partial charge >= 0.3 is 0 Å². The maximum atomic E-state index is 5.99. The van der Waals surface area contributed by atoms with Crippen LogP contribution in [0.2, 0.25) is 0 Å². The molecule has 0 amide bonds. The van der Waals surface area contributed by atoms with E-state index >= 15 is 0 Å². The third-order valence-corrected chi connectivity index (χ3v) is 10.5.